The molecule has 40 heavy (non-hydrogen) atoms. The molecule has 0 spiro atoms. The lowest BCUT2D eigenvalue weighted by molar-refractivity contribution is -0.139. The van der Waals surface area contributed by atoms with Crippen LogP contribution >= 0.6 is 0 Å². The molecule has 0 bridgehead atoms. The Morgan fingerprint density at radius 3 is 2.27 bits per heavy atom. The molecule has 12 heteroatoms. The van der Waals surface area contributed by atoms with Crippen molar-refractivity contribution in [3.63, 3.8) is 0 Å². The van der Waals surface area contributed by atoms with Gasteiger partial charge in [0.2, 0.25) is 0 Å². The second-order valence-electron chi connectivity index (χ2n) is 9.47. The highest BCUT2D eigenvalue weighted by Gasteiger charge is 2.35. The Balaban J connectivity index is 1.46. The van der Waals surface area contributed by atoms with Gasteiger partial charge in [0, 0.05) is 44.4 Å². The number of benzene rings is 2. The molecule has 1 aromatic heterocycles. The summed E-state index contributed by atoms with van der Waals surface area (Å²) in [6.07, 6.45) is -3.00. The van der Waals surface area contributed by atoms with Crippen molar-refractivity contribution in [3.05, 3.63) is 94.1 Å². The van der Waals surface area contributed by atoms with Crippen molar-refractivity contribution in [1.82, 2.24) is 19.7 Å². The molecular formula is C28H27BF3N4O4. The zero-order chi connectivity index (χ0) is 28.7. The summed E-state index contributed by atoms with van der Waals surface area (Å²) in [6.45, 7) is 2.13. The lowest BCUT2D eigenvalue weighted by atomic mass is 9.93. The quantitative estimate of drug-likeness (QED) is 0.305. The lowest BCUT2D eigenvalue weighted by Gasteiger charge is -2.33. The molecule has 8 nitrogen and oxygen atoms in total. The number of hydrogen-bond acceptors (Lipinski definition) is 6. The van der Waals surface area contributed by atoms with Gasteiger partial charge in [0.05, 0.1) is 23.9 Å². The van der Waals surface area contributed by atoms with Crippen LogP contribution in [-0.4, -0.2) is 76.4 Å². The zero-order valence-corrected chi connectivity index (χ0v) is 21.6. The zero-order valence-electron chi connectivity index (χ0n) is 21.6. The largest absolute Gasteiger partial charge is 0.481 e. The minimum atomic E-state index is -4.63. The Hall–Kier alpha value is -4.06. The number of aryl methyl sites for hydroxylation is 2. The molecule has 3 aromatic rings. The normalized spacial score (nSPS) is 14.1. The molecule has 1 radical (unpaired) electrons. The van der Waals surface area contributed by atoms with Crippen LogP contribution in [0, 0.1) is 0 Å². The summed E-state index contributed by atoms with van der Waals surface area (Å²) < 4.78 is 41.1. The van der Waals surface area contributed by atoms with Gasteiger partial charge >= 0.3 is 12.1 Å². The van der Waals surface area contributed by atoms with E-state index in [1.807, 2.05) is 4.81 Å². The molecule has 1 aliphatic rings. The molecule has 0 atom stereocenters. The first-order valence-corrected chi connectivity index (χ1v) is 12.8. The summed E-state index contributed by atoms with van der Waals surface area (Å²) in [5, 5.41) is 9.14. The van der Waals surface area contributed by atoms with Gasteiger partial charge in [0.15, 0.2) is 0 Å². The van der Waals surface area contributed by atoms with Crippen molar-refractivity contribution in [2.45, 2.75) is 31.9 Å². The van der Waals surface area contributed by atoms with E-state index >= 15 is 0 Å². The molecular weight excluding hydrogens is 524 g/mol. The maximum Gasteiger partial charge on any atom is 0.419 e. The van der Waals surface area contributed by atoms with Crippen molar-refractivity contribution in [3.8, 4) is 0 Å². The molecule has 0 unspecified atom stereocenters. The van der Waals surface area contributed by atoms with Crippen LogP contribution in [0.2, 0.25) is 0 Å². The highest BCUT2D eigenvalue weighted by Crippen LogP contribution is 2.31. The van der Waals surface area contributed by atoms with Gasteiger partial charge in [-0.05, 0) is 41.7 Å². The summed E-state index contributed by atoms with van der Waals surface area (Å²) in [7, 11) is 1.46. The third-order valence-electron chi connectivity index (χ3n) is 6.75. The first-order chi connectivity index (χ1) is 19.1. The predicted molar refractivity (Wildman–Crippen MR) is 141 cm³/mol. The van der Waals surface area contributed by atoms with Gasteiger partial charge in [-0.1, -0.05) is 36.4 Å². The fourth-order valence-corrected chi connectivity index (χ4v) is 4.65. The van der Waals surface area contributed by atoms with E-state index in [9.17, 15) is 27.6 Å². The van der Waals surface area contributed by atoms with E-state index in [1.54, 1.807) is 53.4 Å². The molecule has 4 rings (SSSR count). The maximum absolute atomic E-state index is 13.7. The number of carboxylic acid groups (broad SMARTS) is 1. The molecule has 0 saturated carbocycles. The molecule has 1 fully saturated rings. The molecule has 207 valence electrons. The highest BCUT2D eigenvalue weighted by molar-refractivity contribution is 6.64. The van der Waals surface area contributed by atoms with E-state index in [0.29, 0.717) is 42.9 Å². The summed E-state index contributed by atoms with van der Waals surface area (Å²) >= 11 is 0. The van der Waals surface area contributed by atoms with E-state index in [-0.39, 0.29) is 43.1 Å². The van der Waals surface area contributed by atoms with Gasteiger partial charge in [0.25, 0.3) is 13.3 Å². The third kappa shape index (κ3) is 7.53. The smallest absolute Gasteiger partial charge is 0.419 e. The van der Waals surface area contributed by atoms with Gasteiger partial charge in [-0.25, -0.2) is 9.97 Å². The Bertz CT molecular complexity index is 1360. The maximum atomic E-state index is 13.7. The average Bonchev–Trinajstić information content (AvgIpc) is 2.92. The van der Waals surface area contributed by atoms with Crippen LogP contribution in [-0.2, 0) is 41.4 Å². The monoisotopic (exact) mass is 551 g/mol. The number of aliphatic carboxylic acids is 1. The van der Waals surface area contributed by atoms with Gasteiger partial charge < -0.3 is 19.6 Å². The number of hydrogen-bond donors (Lipinski definition) is 1. The van der Waals surface area contributed by atoms with Crippen LogP contribution in [0.25, 0.3) is 0 Å². The van der Waals surface area contributed by atoms with Gasteiger partial charge in [0.1, 0.15) is 5.82 Å². The van der Waals surface area contributed by atoms with Crippen LogP contribution in [0.3, 0.4) is 0 Å². The number of halogens is 3. The average molecular weight is 551 g/mol. The first kappa shape index (κ1) is 28.9. The van der Waals surface area contributed by atoms with E-state index in [4.69, 9.17) is 5.11 Å². The summed E-state index contributed by atoms with van der Waals surface area (Å²) in [6, 6.07) is 13.6. The van der Waals surface area contributed by atoms with E-state index in [1.165, 1.54) is 7.41 Å². The molecule has 1 amide bonds. The summed E-state index contributed by atoms with van der Waals surface area (Å²) in [4.78, 5) is 46.4. The van der Waals surface area contributed by atoms with Crippen molar-refractivity contribution in [1.29, 1.82) is 0 Å². The van der Waals surface area contributed by atoms with Crippen molar-refractivity contribution < 1.29 is 32.7 Å². The topological polar surface area (TPSA) is 104 Å². The van der Waals surface area contributed by atoms with Gasteiger partial charge in [-0.2, -0.15) is 13.2 Å². The third-order valence-corrected chi connectivity index (χ3v) is 6.75. The molecule has 2 heterocycles. The molecule has 1 saturated heterocycles. The Labute approximate surface area is 230 Å². The van der Waals surface area contributed by atoms with Crippen molar-refractivity contribution >= 4 is 25.5 Å². The Morgan fingerprint density at radius 2 is 1.65 bits per heavy atom. The first-order valence-electron chi connectivity index (χ1n) is 12.8. The number of rotatable bonds is 10. The standard InChI is InChI=1S/C28H27BF3N4O4/c30-28(31,32)23-17-33-25(34-24(23)10-9-20-3-1-2-4-22(20)16-26(38)39)15-19-5-7-21(8-6-19)27(40)35-11-13-36(14-12-35)29-18-37/h1-8,17-18H,9-16H2,(H,38,39). The van der Waals surface area contributed by atoms with Crippen LogP contribution < -0.4 is 0 Å². The number of carbonyl (C=O) groups excluding carboxylic acids is 2. The van der Waals surface area contributed by atoms with Crippen molar-refractivity contribution in [2.24, 2.45) is 0 Å². The number of carboxylic acids is 1. The fraction of sp³-hybridized carbons (Fsp3) is 0.321. The second-order valence-corrected chi connectivity index (χ2v) is 9.47. The number of carbonyl (C=O) groups is 3. The predicted octanol–water partition coefficient (Wildman–Crippen LogP) is 3.07. The van der Waals surface area contributed by atoms with E-state index in [2.05, 4.69) is 9.97 Å². The second kappa shape index (κ2) is 12.9. The molecule has 0 aliphatic carbocycles. The van der Waals surface area contributed by atoms with Gasteiger partial charge in [-0.15, -0.1) is 0 Å². The number of alkyl halides is 3. The highest BCUT2D eigenvalue weighted by atomic mass is 19.4. The summed E-state index contributed by atoms with van der Waals surface area (Å²) in [5.41, 5.74) is 1.36. The minimum Gasteiger partial charge on any atom is -0.481 e. The molecule has 1 N–H and O–H groups in total. The minimum absolute atomic E-state index is 0.0354. The SMILES string of the molecule is O=C[B]N1CCN(C(=O)c2ccc(Cc3ncc(C(F)(F)F)c(CCc4ccccc4CC(=O)O)n3)cc2)CC1. The van der Waals surface area contributed by atoms with Crippen LogP contribution in [0.4, 0.5) is 13.2 Å². The summed E-state index contributed by atoms with van der Waals surface area (Å²) in [5.74, 6) is -0.937. The van der Waals surface area contributed by atoms with E-state index in [0.717, 1.165) is 17.9 Å². The fourth-order valence-electron chi connectivity index (χ4n) is 4.65. The van der Waals surface area contributed by atoms with Gasteiger partial charge in [-0.3, -0.25) is 9.59 Å². The van der Waals surface area contributed by atoms with Crippen LogP contribution in [0.5, 0.6) is 0 Å². The Morgan fingerprint density at radius 1 is 0.975 bits per heavy atom. The number of aromatic nitrogens is 2. The van der Waals surface area contributed by atoms with Crippen LogP contribution in [0.1, 0.15) is 44.1 Å². The number of piperazine rings is 1. The van der Waals surface area contributed by atoms with E-state index < -0.39 is 17.7 Å². The van der Waals surface area contributed by atoms with Crippen molar-refractivity contribution in [2.75, 3.05) is 26.2 Å². The lowest BCUT2D eigenvalue weighted by Crippen LogP contribution is -2.50. The van der Waals surface area contributed by atoms with Crippen LogP contribution in [0.15, 0.2) is 54.7 Å². The molecule has 1 aliphatic heterocycles. The Kier molecular flexibility index (Phi) is 9.31. The number of nitrogens with zero attached hydrogens (tertiary/aromatic N) is 4. The molecule has 2 aromatic carbocycles. The number of amides is 1.